The summed E-state index contributed by atoms with van der Waals surface area (Å²) in [5.41, 5.74) is 3.04. The van der Waals surface area contributed by atoms with Gasteiger partial charge in [0.15, 0.2) is 0 Å². The number of aryl methyl sites for hydroxylation is 1. The van der Waals surface area contributed by atoms with Crippen LogP contribution in [0.3, 0.4) is 0 Å². The molecule has 2 N–H and O–H groups in total. The van der Waals surface area contributed by atoms with E-state index in [0.29, 0.717) is 28.9 Å². The van der Waals surface area contributed by atoms with Crippen molar-refractivity contribution in [3.63, 3.8) is 0 Å². The van der Waals surface area contributed by atoms with Gasteiger partial charge in [-0.25, -0.2) is 4.79 Å². The van der Waals surface area contributed by atoms with Crippen LogP contribution in [-0.2, 0) is 11.2 Å². The smallest absolute Gasteiger partial charge is 0.339 e. The van der Waals surface area contributed by atoms with Crippen molar-refractivity contribution in [1.82, 2.24) is 15.3 Å². The number of nitrogens with one attached hydrogen (secondary N) is 2. The second-order valence-corrected chi connectivity index (χ2v) is 5.31. The molecule has 0 saturated carbocycles. The van der Waals surface area contributed by atoms with Crippen LogP contribution in [0.2, 0.25) is 0 Å². The van der Waals surface area contributed by atoms with Crippen LogP contribution in [0.15, 0.2) is 24.5 Å². The molecule has 2 rings (SSSR count). The van der Waals surface area contributed by atoms with Crippen molar-refractivity contribution in [1.29, 1.82) is 0 Å². The third kappa shape index (κ3) is 3.41. The Morgan fingerprint density at radius 3 is 2.74 bits per heavy atom. The number of hydrogen-bond acceptors (Lipinski definition) is 4. The van der Waals surface area contributed by atoms with E-state index >= 15 is 0 Å². The average Bonchev–Trinajstić information content (AvgIpc) is 2.91. The van der Waals surface area contributed by atoms with E-state index in [0.717, 1.165) is 5.56 Å². The molecule has 0 saturated heterocycles. The standard InChI is InChI=1S/C17H21N3O3/c1-5-13-14(17(22)23-4)10(2)15(20-13)16(21)19-11(3)12-7-6-8-18-9-12/h6-9,11,20H,5H2,1-4H3,(H,19,21). The van der Waals surface area contributed by atoms with Crippen LogP contribution in [0.5, 0.6) is 0 Å². The normalized spacial score (nSPS) is 11.8. The van der Waals surface area contributed by atoms with Gasteiger partial charge < -0.3 is 15.0 Å². The van der Waals surface area contributed by atoms with E-state index in [4.69, 9.17) is 4.74 Å². The maximum Gasteiger partial charge on any atom is 0.339 e. The lowest BCUT2D eigenvalue weighted by Gasteiger charge is -2.13. The molecule has 6 heteroatoms. The third-order valence-electron chi connectivity index (χ3n) is 3.83. The van der Waals surface area contributed by atoms with Gasteiger partial charge in [-0.1, -0.05) is 13.0 Å². The Labute approximate surface area is 135 Å². The Kier molecular flexibility index (Phi) is 5.16. The maximum absolute atomic E-state index is 12.5. The summed E-state index contributed by atoms with van der Waals surface area (Å²) in [7, 11) is 1.33. The fraction of sp³-hybridized carbons (Fsp3) is 0.353. The first-order valence-corrected chi connectivity index (χ1v) is 7.50. The monoisotopic (exact) mass is 315 g/mol. The Balaban J connectivity index is 2.26. The minimum Gasteiger partial charge on any atom is -0.465 e. The van der Waals surface area contributed by atoms with Gasteiger partial charge in [0.2, 0.25) is 0 Å². The molecule has 0 fully saturated rings. The third-order valence-corrected chi connectivity index (χ3v) is 3.83. The van der Waals surface area contributed by atoms with Gasteiger partial charge in [0.05, 0.1) is 18.7 Å². The molecule has 0 bridgehead atoms. The Morgan fingerprint density at radius 2 is 2.17 bits per heavy atom. The van der Waals surface area contributed by atoms with E-state index < -0.39 is 5.97 Å². The highest BCUT2D eigenvalue weighted by molar-refractivity contribution is 6.00. The van der Waals surface area contributed by atoms with Crippen molar-refractivity contribution >= 4 is 11.9 Å². The van der Waals surface area contributed by atoms with Gasteiger partial charge in [-0.2, -0.15) is 0 Å². The van der Waals surface area contributed by atoms with Gasteiger partial charge >= 0.3 is 5.97 Å². The zero-order chi connectivity index (χ0) is 17.0. The van der Waals surface area contributed by atoms with E-state index in [1.807, 2.05) is 26.0 Å². The summed E-state index contributed by atoms with van der Waals surface area (Å²) in [5.74, 6) is -0.696. The van der Waals surface area contributed by atoms with Gasteiger partial charge in [-0.15, -0.1) is 0 Å². The summed E-state index contributed by atoms with van der Waals surface area (Å²) < 4.78 is 4.80. The molecule has 2 heterocycles. The fourth-order valence-electron chi connectivity index (χ4n) is 2.51. The topological polar surface area (TPSA) is 84.1 Å². The molecular formula is C17H21N3O3. The molecule has 0 aromatic carbocycles. The van der Waals surface area contributed by atoms with E-state index in [-0.39, 0.29) is 11.9 Å². The zero-order valence-corrected chi connectivity index (χ0v) is 13.8. The Bertz CT molecular complexity index is 707. The molecule has 6 nitrogen and oxygen atoms in total. The molecule has 0 aliphatic carbocycles. The summed E-state index contributed by atoms with van der Waals surface area (Å²) in [4.78, 5) is 31.5. The average molecular weight is 315 g/mol. The first-order chi connectivity index (χ1) is 11.0. The predicted octanol–water partition coefficient (Wildman–Crippen LogP) is 2.56. The van der Waals surface area contributed by atoms with Crippen LogP contribution in [0.4, 0.5) is 0 Å². The van der Waals surface area contributed by atoms with Crippen LogP contribution >= 0.6 is 0 Å². The van der Waals surface area contributed by atoms with Gasteiger partial charge in [0.25, 0.3) is 5.91 Å². The van der Waals surface area contributed by atoms with Crippen LogP contribution in [0.1, 0.15) is 57.6 Å². The highest BCUT2D eigenvalue weighted by Gasteiger charge is 2.24. The molecule has 0 aliphatic heterocycles. The van der Waals surface area contributed by atoms with Gasteiger partial charge in [-0.3, -0.25) is 9.78 Å². The lowest BCUT2D eigenvalue weighted by molar-refractivity contribution is 0.0599. The molecule has 122 valence electrons. The van der Waals surface area contributed by atoms with E-state index in [2.05, 4.69) is 15.3 Å². The second kappa shape index (κ2) is 7.09. The largest absolute Gasteiger partial charge is 0.465 e. The van der Waals surface area contributed by atoms with E-state index in [9.17, 15) is 9.59 Å². The van der Waals surface area contributed by atoms with Crippen molar-refractivity contribution in [2.24, 2.45) is 0 Å². The molecule has 2 aromatic rings. The van der Waals surface area contributed by atoms with E-state index in [1.54, 1.807) is 19.3 Å². The Morgan fingerprint density at radius 1 is 1.43 bits per heavy atom. The molecule has 0 spiro atoms. The predicted molar refractivity (Wildman–Crippen MR) is 86.4 cm³/mol. The van der Waals surface area contributed by atoms with Gasteiger partial charge in [-0.05, 0) is 37.5 Å². The van der Waals surface area contributed by atoms with Crippen LogP contribution in [-0.4, -0.2) is 29.0 Å². The van der Waals surface area contributed by atoms with Crippen molar-refractivity contribution in [2.75, 3.05) is 7.11 Å². The quantitative estimate of drug-likeness (QED) is 0.831. The number of rotatable bonds is 5. The number of H-pyrrole nitrogens is 1. The zero-order valence-electron chi connectivity index (χ0n) is 13.8. The highest BCUT2D eigenvalue weighted by Crippen LogP contribution is 2.21. The number of methoxy groups -OCH3 is 1. The summed E-state index contributed by atoms with van der Waals surface area (Å²) in [6.45, 7) is 5.54. The van der Waals surface area contributed by atoms with Crippen molar-refractivity contribution in [2.45, 2.75) is 33.2 Å². The van der Waals surface area contributed by atoms with E-state index in [1.165, 1.54) is 7.11 Å². The molecule has 1 unspecified atom stereocenters. The fourth-order valence-corrected chi connectivity index (χ4v) is 2.51. The molecule has 1 amide bonds. The molecule has 1 atom stereocenters. The number of carbonyl (C=O) groups is 2. The molecule has 2 aromatic heterocycles. The minimum atomic E-state index is -0.435. The highest BCUT2D eigenvalue weighted by atomic mass is 16.5. The number of aromatic amines is 1. The second-order valence-electron chi connectivity index (χ2n) is 5.31. The van der Waals surface area contributed by atoms with Crippen LogP contribution < -0.4 is 5.32 Å². The molecule has 23 heavy (non-hydrogen) atoms. The van der Waals surface area contributed by atoms with Crippen molar-refractivity contribution < 1.29 is 14.3 Å². The number of aromatic nitrogens is 2. The molecule has 0 aliphatic rings. The SMILES string of the molecule is CCc1[nH]c(C(=O)NC(C)c2cccnc2)c(C)c1C(=O)OC. The lowest BCUT2D eigenvalue weighted by atomic mass is 10.1. The number of pyridine rings is 1. The van der Waals surface area contributed by atoms with Crippen LogP contribution in [0.25, 0.3) is 0 Å². The number of esters is 1. The van der Waals surface area contributed by atoms with Gasteiger partial charge in [0, 0.05) is 18.1 Å². The first-order valence-electron chi connectivity index (χ1n) is 7.50. The minimum absolute atomic E-state index is 0.189. The lowest BCUT2D eigenvalue weighted by Crippen LogP contribution is -2.27. The maximum atomic E-state index is 12.5. The number of hydrogen-bond donors (Lipinski definition) is 2. The molecular weight excluding hydrogens is 294 g/mol. The van der Waals surface area contributed by atoms with Crippen molar-refractivity contribution in [3.8, 4) is 0 Å². The Hall–Kier alpha value is -2.63. The van der Waals surface area contributed by atoms with Gasteiger partial charge in [0.1, 0.15) is 5.69 Å². The number of amides is 1. The molecule has 0 radical (unpaired) electrons. The first kappa shape index (κ1) is 16.7. The number of ether oxygens (including phenoxy) is 1. The summed E-state index contributed by atoms with van der Waals surface area (Å²) in [5, 5.41) is 2.91. The number of carbonyl (C=O) groups excluding carboxylic acids is 2. The summed E-state index contributed by atoms with van der Waals surface area (Å²) in [6.07, 6.45) is 4.00. The van der Waals surface area contributed by atoms with Crippen molar-refractivity contribution in [3.05, 3.63) is 52.6 Å². The summed E-state index contributed by atoms with van der Waals surface area (Å²) in [6, 6.07) is 3.53. The van der Waals surface area contributed by atoms with Crippen LogP contribution in [0, 0.1) is 6.92 Å². The number of nitrogens with zero attached hydrogens (tertiary/aromatic N) is 1. The summed E-state index contributed by atoms with van der Waals surface area (Å²) >= 11 is 0.